The molecule has 0 saturated heterocycles. The first-order chi connectivity index (χ1) is 8.20. The van der Waals surface area contributed by atoms with Crippen LogP contribution in [0.3, 0.4) is 0 Å². The van der Waals surface area contributed by atoms with Crippen LogP contribution in [0.15, 0.2) is 41.3 Å². The average Bonchev–Trinajstić information content (AvgIpc) is 2.35. The molecule has 0 bridgehead atoms. The zero-order valence-corrected chi connectivity index (χ0v) is 9.99. The molecule has 1 aromatic heterocycles. The molecule has 17 heavy (non-hydrogen) atoms. The van der Waals surface area contributed by atoms with Gasteiger partial charge in [0.05, 0.1) is 7.11 Å². The van der Waals surface area contributed by atoms with Gasteiger partial charge in [0.25, 0.3) is 5.56 Å². The third-order valence-electron chi connectivity index (χ3n) is 2.84. The number of aromatic nitrogens is 1. The number of aryl methyl sites for hydroxylation is 1. The first-order valence-electron chi connectivity index (χ1n) is 5.51. The maximum absolute atomic E-state index is 11.7. The van der Waals surface area contributed by atoms with Crippen molar-refractivity contribution in [1.82, 2.24) is 4.98 Å². The van der Waals surface area contributed by atoms with Crippen LogP contribution >= 0.6 is 0 Å². The van der Waals surface area contributed by atoms with Gasteiger partial charge >= 0.3 is 0 Å². The highest BCUT2D eigenvalue weighted by atomic mass is 16.5. The van der Waals surface area contributed by atoms with E-state index in [1.165, 1.54) is 0 Å². The number of hydrogen-bond donors (Lipinski definition) is 1. The summed E-state index contributed by atoms with van der Waals surface area (Å²) in [6.07, 6.45) is 2.32. The van der Waals surface area contributed by atoms with Crippen LogP contribution in [0.2, 0.25) is 0 Å². The summed E-state index contributed by atoms with van der Waals surface area (Å²) in [4.78, 5) is 14.4. The fourth-order valence-electron chi connectivity index (χ4n) is 1.78. The van der Waals surface area contributed by atoms with Crippen LogP contribution in [0.5, 0.6) is 5.75 Å². The molecular weight excluding hydrogens is 214 g/mol. The van der Waals surface area contributed by atoms with Gasteiger partial charge in [0.15, 0.2) is 0 Å². The summed E-state index contributed by atoms with van der Waals surface area (Å²) < 4.78 is 5.10. The van der Waals surface area contributed by atoms with Gasteiger partial charge in [-0.1, -0.05) is 12.1 Å². The molecule has 0 fully saturated rings. The van der Waals surface area contributed by atoms with Gasteiger partial charge < -0.3 is 9.72 Å². The van der Waals surface area contributed by atoms with E-state index in [4.69, 9.17) is 4.74 Å². The number of pyridine rings is 1. The van der Waals surface area contributed by atoms with Crippen molar-refractivity contribution in [1.29, 1.82) is 0 Å². The third kappa shape index (κ3) is 2.56. The van der Waals surface area contributed by atoms with Crippen molar-refractivity contribution in [3.63, 3.8) is 0 Å². The summed E-state index contributed by atoms with van der Waals surface area (Å²) in [7, 11) is 1.64. The maximum Gasteiger partial charge on any atom is 0.251 e. The molecule has 0 saturated carbocycles. The topological polar surface area (TPSA) is 42.1 Å². The summed E-state index contributed by atoms with van der Waals surface area (Å²) in [6, 6.07) is 9.68. The van der Waals surface area contributed by atoms with Gasteiger partial charge in [-0.15, -0.1) is 0 Å². The highest BCUT2D eigenvalue weighted by Crippen LogP contribution is 2.14. The molecule has 0 spiro atoms. The van der Waals surface area contributed by atoms with E-state index in [0.717, 1.165) is 22.4 Å². The van der Waals surface area contributed by atoms with E-state index in [-0.39, 0.29) is 5.56 Å². The van der Waals surface area contributed by atoms with Crippen LogP contribution in [-0.2, 0) is 6.42 Å². The van der Waals surface area contributed by atoms with E-state index in [1.54, 1.807) is 13.3 Å². The lowest BCUT2D eigenvalue weighted by molar-refractivity contribution is 0.414. The highest BCUT2D eigenvalue weighted by molar-refractivity contribution is 5.33. The van der Waals surface area contributed by atoms with Crippen molar-refractivity contribution < 1.29 is 4.74 Å². The number of rotatable bonds is 3. The minimum absolute atomic E-state index is 0.0131. The Morgan fingerprint density at radius 2 is 1.88 bits per heavy atom. The van der Waals surface area contributed by atoms with E-state index < -0.39 is 0 Å². The smallest absolute Gasteiger partial charge is 0.251 e. The Morgan fingerprint density at radius 1 is 1.18 bits per heavy atom. The Bertz CT molecular complexity index is 555. The highest BCUT2D eigenvalue weighted by Gasteiger charge is 2.04. The molecule has 3 nitrogen and oxygen atoms in total. The number of nitrogens with one attached hydrogen (secondary N) is 1. The molecule has 88 valence electrons. The molecule has 3 heteroatoms. The van der Waals surface area contributed by atoms with Crippen molar-refractivity contribution in [2.75, 3.05) is 7.11 Å². The third-order valence-corrected chi connectivity index (χ3v) is 2.84. The quantitative estimate of drug-likeness (QED) is 0.877. The Morgan fingerprint density at radius 3 is 2.47 bits per heavy atom. The summed E-state index contributed by atoms with van der Waals surface area (Å²) in [5.41, 5.74) is 2.92. The molecule has 0 aliphatic rings. The number of H-pyrrole nitrogens is 1. The van der Waals surface area contributed by atoms with Crippen molar-refractivity contribution in [3.05, 3.63) is 63.6 Å². The van der Waals surface area contributed by atoms with Crippen LogP contribution in [0.25, 0.3) is 0 Å². The molecule has 2 rings (SSSR count). The van der Waals surface area contributed by atoms with Crippen LogP contribution in [0.1, 0.15) is 16.7 Å². The Balaban J connectivity index is 2.28. The predicted molar refractivity (Wildman–Crippen MR) is 67.6 cm³/mol. The number of aromatic amines is 1. The van der Waals surface area contributed by atoms with Crippen molar-refractivity contribution in [2.45, 2.75) is 13.3 Å². The van der Waals surface area contributed by atoms with Crippen molar-refractivity contribution >= 4 is 0 Å². The molecule has 0 radical (unpaired) electrons. The standard InChI is InChI=1S/C14H15NO2/c1-10-7-8-15-14(16)13(10)9-11-3-5-12(17-2)6-4-11/h3-8H,9H2,1-2H3,(H,15,16). The van der Waals surface area contributed by atoms with E-state index in [2.05, 4.69) is 4.98 Å². The largest absolute Gasteiger partial charge is 0.497 e. The monoisotopic (exact) mass is 229 g/mol. The normalized spacial score (nSPS) is 10.2. The zero-order chi connectivity index (χ0) is 12.3. The minimum atomic E-state index is -0.0131. The lowest BCUT2D eigenvalue weighted by Crippen LogP contribution is -2.13. The molecule has 1 N–H and O–H groups in total. The van der Waals surface area contributed by atoms with Gasteiger partial charge in [-0.3, -0.25) is 4.79 Å². The van der Waals surface area contributed by atoms with Gasteiger partial charge in [0.2, 0.25) is 0 Å². The first-order valence-corrected chi connectivity index (χ1v) is 5.51. The van der Waals surface area contributed by atoms with E-state index in [1.807, 2.05) is 37.3 Å². The van der Waals surface area contributed by atoms with Gasteiger partial charge in [0.1, 0.15) is 5.75 Å². The van der Waals surface area contributed by atoms with Crippen LogP contribution < -0.4 is 10.3 Å². The molecule has 0 unspecified atom stereocenters. The molecule has 1 heterocycles. The van der Waals surface area contributed by atoms with Crippen molar-refractivity contribution in [2.24, 2.45) is 0 Å². The molecular formula is C14H15NO2. The molecule has 0 atom stereocenters. The SMILES string of the molecule is COc1ccc(Cc2c(C)cc[nH]c2=O)cc1. The zero-order valence-electron chi connectivity index (χ0n) is 9.99. The molecule has 0 aliphatic heterocycles. The number of benzene rings is 1. The average molecular weight is 229 g/mol. The maximum atomic E-state index is 11.7. The summed E-state index contributed by atoms with van der Waals surface area (Å²) in [6.45, 7) is 1.95. The fraction of sp³-hybridized carbons (Fsp3) is 0.214. The van der Waals surface area contributed by atoms with Crippen LogP contribution in [0, 0.1) is 6.92 Å². The second-order valence-corrected chi connectivity index (χ2v) is 3.99. The second-order valence-electron chi connectivity index (χ2n) is 3.99. The molecule has 0 amide bonds. The van der Waals surface area contributed by atoms with Gasteiger partial charge in [-0.05, 0) is 36.2 Å². The van der Waals surface area contributed by atoms with E-state index in [0.29, 0.717) is 6.42 Å². The Hall–Kier alpha value is -2.03. The van der Waals surface area contributed by atoms with E-state index >= 15 is 0 Å². The fourth-order valence-corrected chi connectivity index (χ4v) is 1.78. The predicted octanol–water partition coefficient (Wildman–Crippen LogP) is 2.28. The number of hydrogen-bond acceptors (Lipinski definition) is 2. The van der Waals surface area contributed by atoms with Gasteiger partial charge in [-0.25, -0.2) is 0 Å². The van der Waals surface area contributed by atoms with E-state index in [9.17, 15) is 4.79 Å². The molecule has 2 aromatic rings. The lowest BCUT2D eigenvalue weighted by Gasteiger charge is -2.05. The van der Waals surface area contributed by atoms with Crippen LogP contribution in [-0.4, -0.2) is 12.1 Å². The Kier molecular flexibility index (Phi) is 3.28. The second kappa shape index (κ2) is 4.87. The first kappa shape index (κ1) is 11.5. The molecule has 0 aliphatic carbocycles. The molecule has 1 aromatic carbocycles. The summed E-state index contributed by atoms with van der Waals surface area (Å²) >= 11 is 0. The number of methoxy groups -OCH3 is 1. The Labute approximate surface area is 100 Å². The van der Waals surface area contributed by atoms with Gasteiger partial charge in [-0.2, -0.15) is 0 Å². The number of ether oxygens (including phenoxy) is 1. The minimum Gasteiger partial charge on any atom is -0.497 e. The lowest BCUT2D eigenvalue weighted by atomic mass is 10.0. The summed E-state index contributed by atoms with van der Waals surface area (Å²) in [5, 5.41) is 0. The summed E-state index contributed by atoms with van der Waals surface area (Å²) in [5.74, 6) is 0.826. The van der Waals surface area contributed by atoms with Gasteiger partial charge in [0, 0.05) is 18.2 Å². The van der Waals surface area contributed by atoms with Crippen LogP contribution in [0.4, 0.5) is 0 Å². The van der Waals surface area contributed by atoms with Crippen molar-refractivity contribution in [3.8, 4) is 5.75 Å².